The molecule has 1 amide bonds. The average molecular weight is 314 g/mol. The van der Waals surface area contributed by atoms with E-state index in [2.05, 4.69) is 20.5 Å². The molecule has 1 N–H and O–H groups in total. The van der Waals surface area contributed by atoms with Crippen molar-refractivity contribution >= 4 is 17.5 Å². The van der Waals surface area contributed by atoms with Crippen molar-refractivity contribution in [3.05, 3.63) is 71.4 Å². The van der Waals surface area contributed by atoms with Crippen molar-refractivity contribution in [1.82, 2.24) is 25.1 Å². The zero-order valence-electron chi connectivity index (χ0n) is 11.5. The second kappa shape index (κ2) is 6.36. The van der Waals surface area contributed by atoms with Crippen LogP contribution in [-0.4, -0.2) is 25.7 Å². The molecule has 0 unspecified atom stereocenters. The van der Waals surface area contributed by atoms with Crippen molar-refractivity contribution in [2.75, 3.05) is 0 Å². The third-order valence-electron chi connectivity index (χ3n) is 3.02. The lowest BCUT2D eigenvalue weighted by molar-refractivity contribution is 0.0945. The second-order valence-electron chi connectivity index (χ2n) is 4.56. The molecule has 0 saturated carbocycles. The molecule has 0 atom stereocenters. The molecule has 2 aromatic heterocycles. The molecule has 2 heterocycles. The second-order valence-corrected chi connectivity index (χ2v) is 4.99. The molecule has 3 rings (SSSR count). The number of nitrogens with one attached hydrogen (secondary N) is 1. The van der Waals surface area contributed by atoms with Crippen LogP contribution < -0.4 is 5.32 Å². The molecule has 7 heteroatoms. The van der Waals surface area contributed by atoms with Crippen LogP contribution >= 0.6 is 11.6 Å². The van der Waals surface area contributed by atoms with E-state index >= 15 is 0 Å². The fraction of sp³-hybridized carbons (Fsp3) is 0.0667. The first-order chi connectivity index (χ1) is 10.7. The minimum Gasteiger partial charge on any atom is -0.347 e. The number of nitrogens with zero attached hydrogens (tertiary/aromatic N) is 4. The van der Waals surface area contributed by atoms with Crippen LogP contribution in [0.2, 0.25) is 5.02 Å². The number of carbonyl (C=O) groups is 1. The molecular formula is C15H12ClN5O. The van der Waals surface area contributed by atoms with Crippen molar-refractivity contribution in [2.24, 2.45) is 0 Å². The van der Waals surface area contributed by atoms with Crippen LogP contribution in [0.4, 0.5) is 0 Å². The van der Waals surface area contributed by atoms with E-state index < -0.39 is 0 Å². The Balaban J connectivity index is 1.63. The first kappa shape index (κ1) is 14.2. The lowest BCUT2D eigenvalue weighted by atomic mass is 10.2. The van der Waals surface area contributed by atoms with Crippen molar-refractivity contribution in [3.63, 3.8) is 0 Å². The molecular weight excluding hydrogens is 302 g/mol. The lowest BCUT2D eigenvalue weighted by Crippen LogP contribution is -2.24. The maximum Gasteiger partial charge on any atom is 0.272 e. The minimum absolute atomic E-state index is 0.262. The normalized spacial score (nSPS) is 10.4. The van der Waals surface area contributed by atoms with Crippen molar-refractivity contribution in [1.29, 1.82) is 0 Å². The quantitative estimate of drug-likeness (QED) is 0.802. The van der Waals surface area contributed by atoms with Gasteiger partial charge in [0.1, 0.15) is 6.33 Å². The Hall–Kier alpha value is -2.73. The Morgan fingerprint density at radius 3 is 2.59 bits per heavy atom. The molecule has 0 aliphatic rings. The van der Waals surface area contributed by atoms with Crippen LogP contribution in [0.3, 0.4) is 0 Å². The summed E-state index contributed by atoms with van der Waals surface area (Å²) in [5.41, 5.74) is 1.22. The zero-order valence-corrected chi connectivity index (χ0v) is 12.2. The molecule has 6 nitrogen and oxygen atoms in total. The highest BCUT2D eigenvalue weighted by atomic mass is 35.5. The Bertz CT molecular complexity index is 754. The predicted molar refractivity (Wildman–Crippen MR) is 81.8 cm³/mol. The largest absolute Gasteiger partial charge is 0.347 e. The molecule has 0 radical (unpaired) electrons. The smallest absolute Gasteiger partial charge is 0.272 e. The topological polar surface area (TPSA) is 72.7 Å². The van der Waals surface area contributed by atoms with Crippen LogP contribution in [0.1, 0.15) is 16.1 Å². The van der Waals surface area contributed by atoms with Crippen molar-refractivity contribution in [3.8, 4) is 5.82 Å². The zero-order chi connectivity index (χ0) is 15.4. The lowest BCUT2D eigenvalue weighted by Gasteiger charge is -2.05. The summed E-state index contributed by atoms with van der Waals surface area (Å²) in [5, 5.41) is 11.4. The maximum atomic E-state index is 12.0. The predicted octanol–water partition coefficient (Wildman–Crippen LogP) is 2.25. The number of halogens is 1. The molecule has 0 fully saturated rings. The van der Waals surface area contributed by atoms with Crippen LogP contribution in [-0.2, 0) is 6.54 Å². The van der Waals surface area contributed by atoms with E-state index in [1.807, 2.05) is 12.1 Å². The number of carbonyl (C=O) groups excluding carboxylic acids is 1. The van der Waals surface area contributed by atoms with Gasteiger partial charge in [-0.05, 0) is 29.8 Å². The molecule has 3 aromatic rings. The summed E-state index contributed by atoms with van der Waals surface area (Å²) in [5.74, 6) is 0.325. The summed E-state index contributed by atoms with van der Waals surface area (Å²) < 4.78 is 1.71. The Morgan fingerprint density at radius 2 is 1.95 bits per heavy atom. The van der Waals surface area contributed by atoms with Gasteiger partial charge in [-0.2, -0.15) is 0 Å². The SMILES string of the molecule is O=C(NCc1ccc(Cl)cc1)c1ccc(-n2ccnc2)nn1. The molecule has 0 spiro atoms. The van der Waals surface area contributed by atoms with Gasteiger partial charge in [-0.25, -0.2) is 4.98 Å². The highest BCUT2D eigenvalue weighted by Crippen LogP contribution is 2.09. The molecule has 0 aliphatic heterocycles. The number of hydrogen-bond acceptors (Lipinski definition) is 4. The fourth-order valence-corrected chi connectivity index (χ4v) is 1.98. The summed E-state index contributed by atoms with van der Waals surface area (Å²) >= 11 is 5.82. The van der Waals surface area contributed by atoms with Crippen molar-refractivity contribution in [2.45, 2.75) is 6.54 Å². The van der Waals surface area contributed by atoms with Gasteiger partial charge in [-0.3, -0.25) is 9.36 Å². The van der Waals surface area contributed by atoms with Crippen LogP contribution in [0, 0.1) is 0 Å². The Kier molecular flexibility index (Phi) is 4.11. The maximum absolute atomic E-state index is 12.0. The summed E-state index contributed by atoms with van der Waals surface area (Å²) in [6.45, 7) is 0.404. The highest BCUT2D eigenvalue weighted by molar-refractivity contribution is 6.30. The average Bonchev–Trinajstić information content (AvgIpc) is 3.09. The molecule has 0 aliphatic carbocycles. The van der Waals surface area contributed by atoms with Gasteiger partial charge in [-0.1, -0.05) is 23.7 Å². The first-order valence-corrected chi connectivity index (χ1v) is 6.95. The third-order valence-corrected chi connectivity index (χ3v) is 3.27. The van der Waals surface area contributed by atoms with Gasteiger partial charge < -0.3 is 5.32 Å². The Labute approximate surface area is 131 Å². The standard InChI is InChI=1S/C15H12ClN5O/c16-12-3-1-11(2-4-12)9-18-15(22)13-5-6-14(20-19-13)21-8-7-17-10-21/h1-8,10H,9H2,(H,18,22). The van der Waals surface area contributed by atoms with Crippen molar-refractivity contribution < 1.29 is 4.79 Å². The molecule has 0 bridgehead atoms. The molecule has 22 heavy (non-hydrogen) atoms. The summed E-state index contributed by atoms with van der Waals surface area (Å²) in [6.07, 6.45) is 5.02. The molecule has 110 valence electrons. The number of aromatic nitrogens is 4. The van der Waals surface area contributed by atoms with Gasteiger partial charge in [0.25, 0.3) is 5.91 Å². The fourth-order valence-electron chi connectivity index (χ4n) is 1.85. The van der Waals surface area contributed by atoms with Gasteiger partial charge >= 0.3 is 0 Å². The van der Waals surface area contributed by atoms with Gasteiger partial charge in [-0.15, -0.1) is 10.2 Å². The van der Waals surface area contributed by atoms with Gasteiger partial charge in [0.2, 0.25) is 0 Å². The number of rotatable bonds is 4. The first-order valence-electron chi connectivity index (χ1n) is 6.57. The van der Waals surface area contributed by atoms with Crippen LogP contribution in [0.15, 0.2) is 55.1 Å². The Morgan fingerprint density at radius 1 is 1.14 bits per heavy atom. The van der Waals surface area contributed by atoms with E-state index in [0.717, 1.165) is 5.56 Å². The van der Waals surface area contributed by atoms with Gasteiger partial charge in [0.05, 0.1) is 0 Å². The molecule has 0 saturated heterocycles. The summed E-state index contributed by atoms with van der Waals surface area (Å²) in [4.78, 5) is 16.0. The number of hydrogen-bond donors (Lipinski definition) is 1. The number of benzene rings is 1. The summed E-state index contributed by atoms with van der Waals surface area (Å²) in [6, 6.07) is 10.6. The third kappa shape index (κ3) is 3.29. The van der Waals surface area contributed by atoms with E-state index in [0.29, 0.717) is 17.4 Å². The van der Waals surface area contributed by atoms with E-state index in [-0.39, 0.29) is 11.6 Å². The van der Waals surface area contributed by atoms with E-state index in [1.165, 1.54) is 0 Å². The van der Waals surface area contributed by atoms with E-state index in [9.17, 15) is 4.79 Å². The van der Waals surface area contributed by atoms with Gasteiger partial charge in [0.15, 0.2) is 11.5 Å². The monoisotopic (exact) mass is 313 g/mol. The number of imidazole rings is 1. The van der Waals surface area contributed by atoms with Crippen LogP contribution in [0.25, 0.3) is 5.82 Å². The summed E-state index contributed by atoms with van der Waals surface area (Å²) in [7, 11) is 0. The molecule has 1 aromatic carbocycles. The van der Waals surface area contributed by atoms with Gasteiger partial charge in [0, 0.05) is 24.0 Å². The number of amides is 1. The minimum atomic E-state index is -0.278. The van der Waals surface area contributed by atoms with Crippen LogP contribution in [0.5, 0.6) is 0 Å². The highest BCUT2D eigenvalue weighted by Gasteiger charge is 2.08. The van der Waals surface area contributed by atoms with E-state index in [4.69, 9.17) is 11.6 Å². The van der Waals surface area contributed by atoms with E-state index in [1.54, 1.807) is 47.6 Å².